The van der Waals surface area contributed by atoms with Crippen molar-refractivity contribution in [2.45, 2.75) is 39.0 Å². The lowest BCUT2D eigenvalue weighted by Gasteiger charge is -2.15. The molecule has 0 aliphatic heterocycles. The van der Waals surface area contributed by atoms with Crippen LogP contribution in [-0.4, -0.2) is 17.9 Å². The minimum absolute atomic E-state index is 0.171. The maximum atomic E-state index is 12.8. The van der Waals surface area contributed by atoms with Crippen molar-refractivity contribution in [2.75, 3.05) is 0 Å². The lowest BCUT2D eigenvalue weighted by atomic mass is 9.98. The number of benzene rings is 3. The summed E-state index contributed by atoms with van der Waals surface area (Å²) < 4.78 is 43.9. The smallest absolute Gasteiger partial charge is 0.416 e. The van der Waals surface area contributed by atoms with E-state index < -0.39 is 23.8 Å². The monoisotopic (exact) mass is 440 g/mol. The molecule has 166 valence electrons. The molecule has 0 unspecified atom stereocenters. The van der Waals surface area contributed by atoms with Crippen molar-refractivity contribution >= 4 is 11.8 Å². The summed E-state index contributed by atoms with van der Waals surface area (Å²) in [5.74, 6) is -1.04. The Balaban J connectivity index is 1.77. The number of carbonyl (C=O) groups is 2. The molecule has 0 radical (unpaired) electrons. The summed E-state index contributed by atoms with van der Waals surface area (Å²) in [7, 11) is 0. The number of Topliss-reactive ketones (excluding diaryl/α,β-unsaturated/α-hetero) is 1. The van der Waals surface area contributed by atoms with E-state index in [0.717, 1.165) is 30.5 Å². The van der Waals surface area contributed by atoms with Gasteiger partial charge in [0, 0.05) is 5.56 Å². The Kier molecular flexibility index (Phi) is 7.13. The van der Waals surface area contributed by atoms with Crippen molar-refractivity contribution in [3.05, 3.63) is 95.1 Å². The van der Waals surface area contributed by atoms with Gasteiger partial charge in [-0.3, -0.25) is 4.79 Å². The lowest BCUT2D eigenvalue weighted by Crippen LogP contribution is -2.24. The van der Waals surface area contributed by atoms with Gasteiger partial charge in [0.05, 0.1) is 11.1 Å². The lowest BCUT2D eigenvalue weighted by molar-refractivity contribution is -0.137. The Bertz CT molecular complexity index is 1080. The van der Waals surface area contributed by atoms with E-state index in [4.69, 9.17) is 4.74 Å². The van der Waals surface area contributed by atoms with E-state index in [1.807, 2.05) is 12.1 Å². The second-order valence-corrected chi connectivity index (χ2v) is 7.48. The third-order valence-corrected chi connectivity index (χ3v) is 5.10. The van der Waals surface area contributed by atoms with E-state index in [9.17, 15) is 22.8 Å². The number of hydrogen-bond acceptors (Lipinski definition) is 3. The molecule has 3 aromatic carbocycles. The quantitative estimate of drug-likeness (QED) is 0.301. The molecule has 0 saturated heterocycles. The zero-order valence-electron chi connectivity index (χ0n) is 17.8. The summed E-state index contributed by atoms with van der Waals surface area (Å²) in [5.41, 5.74) is 1.84. The summed E-state index contributed by atoms with van der Waals surface area (Å²) in [5, 5.41) is 0. The van der Waals surface area contributed by atoms with Crippen LogP contribution in [0.4, 0.5) is 13.2 Å². The molecule has 0 bridgehead atoms. The fraction of sp³-hybridized carbons (Fsp3) is 0.231. The Morgan fingerprint density at radius 2 is 1.53 bits per heavy atom. The van der Waals surface area contributed by atoms with Gasteiger partial charge in [0.25, 0.3) is 0 Å². The average Bonchev–Trinajstić information content (AvgIpc) is 2.79. The second-order valence-electron chi connectivity index (χ2n) is 7.48. The molecule has 0 aliphatic carbocycles. The maximum absolute atomic E-state index is 12.8. The Hall–Kier alpha value is -3.41. The zero-order valence-corrected chi connectivity index (χ0v) is 17.8. The van der Waals surface area contributed by atoms with Gasteiger partial charge in [-0.15, -0.1) is 0 Å². The van der Waals surface area contributed by atoms with Crippen molar-refractivity contribution in [2.24, 2.45) is 0 Å². The van der Waals surface area contributed by atoms with Crippen LogP contribution in [-0.2, 0) is 17.3 Å². The maximum Gasteiger partial charge on any atom is 0.416 e. The molecule has 0 fully saturated rings. The Morgan fingerprint density at radius 1 is 0.906 bits per heavy atom. The highest BCUT2D eigenvalue weighted by atomic mass is 19.4. The molecule has 0 aromatic heterocycles. The van der Waals surface area contributed by atoms with Gasteiger partial charge in [0.2, 0.25) is 5.78 Å². The van der Waals surface area contributed by atoms with Gasteiger partial charge in [-0.05, 0) is 48.2 Å². The molecule has 0 heterocycles. The molecule has 0 aliphatic rings. The van der Waals surface area contributed by atoms with E-state index in [2.05, 4.69) is 6.92 Å². The van der Waals surface area contributed by atoms with Gasteiger partial charge < -0.3 is 4.74 Å². The largest absolute Gasteiger partial charge is 0.451 e. The van der Waals surface area contributed by atoms with Crippen LogP contribution in [0, 0.1) is 0 Å². The first-order chi connectivity index (χ1) is 15.2. The van der Waals surface area contributed by atoms with Crippen LogP contribution in [0.2, 0.25) is 0 Å². The summed E-state index contributed by atoms with van der Waals surface area (Å²) in [6.45, 7) is 3.57. The molecular formula is C26H23F3O3. The minimum atomic E-state index is -4.44. The highest BCUT2D eigenvalue weighted by Gasteiger charge is 2.30. The van der Waals surface area contributed by atoms with E-state index in [1.165, 1.54) is 25.1 Å². The minimum Gasteiger partial charge on any atom is -0.451 e. The highest BCUT2D eigenvalue weighted by Crippen LogP contribution is 2.32. The molecule has 0 N–H and O–H groups in total. The summed E-state index contributed by atoms with van der Waals surface area (Å²) >= 11 is 0. The number of hydrogen-bond donors (Lipinski definition) is 0. The number of esters is 1. The van der Waals surface area contributed by atoms with Crippen LogP contribution < -0.4 is 0 Å². The first-order valence-corrected chi connectivity index (χ1v) is 10.3. The van der Waals surface area contributed by atoms with Crippen LogP contribution >= 0.6 is 0 Å². The average molecular weight is 440 g/mol. The number of rotatable bonds is 7. The first kappa shape index (κ1) is 23.3. The molecule has 6 heteroatoms. The zero-order chi connectivity index (χ0) is 23.3. The predicted octanol–water partition coefficient (Wildman–Crippen LogP) is 6.75. The molecule has 3 nitrogen and oxygen atoms in total. The number of ketones is 1. The molecule has 1 atom stereocenters. The number of halogens is 3. The highest BCUT2D eigenvalue weighted by molar-refractivity contribution is 6.03. The number of alkyl halides is 3. The third kappa shape index (κ3) is 5.44. The van der Waals surface area contributed by atoms with Crippen molar-refractivity contribution in [3.63, 3.8) is 0 Å². The molecule has 0 saturated carbocycles. The molecule has 3 rings (SSSR count). The van der Waals surface area contributed by atoms with Crippen molar-refractivity contribution in [3.8, 4) is 11.1 Å². The van der Waals surface area contributed by atoms with E-state index in [1.54, 1.807) is 30.3 Å². The van der Waals surface area contributed by atoms with Crippen LogP contribution in [0.1, 0.15) is 52.1 Å². The number of carbonyl (C=O) groups excluding carboxylic acids is 2. The topological polar surface area (TPSA) is 43.4 Å². The first-order valence-electron chi connectivity index (χ1n) is 10.3. The predicted molar refractivity (Wildman–Crippen MR) is 117 cm³/mol. The van der Waals surface area contributed by atoms with Gasteiger partial charge in [0.1, 0.15) is 0 Å². The summed E-state index contributed by atoms with van der Waals surface area (Å²) in [6.07, 6.45) is -3.54. The second kappa shape index (κ2) is 9.81. The van der Waals surface area contributed by atoms with E-state index in [0.29, 0.717) is 16.7 Å². The van der Waals surface area contributed by atoms with Crippen molar-refractivity contribution in [1.82, 2.24) is 0 Å². The van der Waals surface area contributed by atoms with Crippen LogP contribution in [0.15, 0.2) is 72.8 Å². The fourth-order valence-electron chi connectivity index (χ4n) is 3.39. The summed E-state index contributed by atoms with van der Waals surface area (Å²) in [6, 6.07) is 18.2. The van der Waals surface area contributed by atoms with E-state index >= 15 is 0 Å². The van der Waals surface area contributed by atoms with Crippen LogP contribution in [0.5, 0.6) is 0 Å². The van der Waals surface area contributed by atoms with Gasteiger partial charge in [-0.25, -0.2) is 4.79 Å². The van der Waals surface area contributed by atoms with Gasteiger partial charge in [-0.1, -0.05) is 67.9 Å². The van der Waals surface area contributed by atoms with Crippen molar-refractivity contribution < 1.29 is 27.5 Å². The third-order valence-electron chi connectivity index (χ3n) is 5.10. The van der Waals surface area contributed by atoms with Crippen LogP contribution in [0.25, 0.3) is 11.1 Å². The standard InChI is InChI=1S/C26H23F3O3/c1-3-6-18-9-11-20(12-10-18)24(30)17(2)32-25(31)23-8-5-4-7-22(23)19-13-15-21(16-14-19)26(27,28)29/h4-5,7-17H,3,6H2,1-2H3/t17-/m1/s1. The van der Waals surface area contributed by atoms with E-state index in [-0.39, 0.29) is 11.3 Å². The molecule has 3 aromatic rings. The van der Waals surface area contributed by atoms with Gasteiger partial charge in [0.15, 0.2) is 6.10 Å². The number of ether oxygens (including phenoxy) is 1. The Labute approximate surface area is 184 Å². The molecule has 0 spiro atoms. The fourth-order valence-corrected chi connectivity index (χ4v) is 3.39. The van der Waals surface area contributed by atoms with Gasteiger partial charge >= 0.3 is 12.1 Å². The normalized spacial score (nSPS) is 12.3. The number of aryl methyl sites for hydroxylation is 1. The summed E-state index contributed by atoms with van der Waals surface area (Å²) in [4.78, 5) is 25.5. The molecule has 0 amide bonds. The SMILES string of the molecule is CCCc1ccc(C(=O)[C@@H](C)OC(=O)c2ccccc2-c2ccc(C(F)(F)F)cc2)cc1. The van der Waals surface area contributed by atoms with Crippen molar-refractivity contribution in [1.29, 1.82) is 0 Å². The molecular weight excluding hydrogens is 417 g/mol. The van der Waals surface area contributed by atoms with Crippen LogP contribution in [0.3, 0.4) is 0 Å². The van der Waals surface area contributed by atoms with Gasteiger partial charge in [-0.2, -0.15) is 13.2 Å². The molecule has 32 heavy (non-hydrogen) atoms. The Morgan fingerprint density at radius 3 is 2.12 bits per heavy atom.